The molecule has 1 amide bonds. The number of hydrogen-bond donors (Lipinski definition) is 1. The molecule has 4 atom stereocenters. The van der Waals surface area contributed by atoms with Gasteiger partial charge >= 0.3 is 11.8 Å². The molecule has 0 aromatic carbocycles. The molecular formula is C20H19N3O7S. The zero-order valence-corrected chi connectivity index (χ0v) is 17.7. The minimum Gasteiger partial charge on any atom is -0.453 e. The van der Waals surface area contributed by atoms with Gasteiger partial charge in [0.1, 0.15) is 10.5 Å². The minimum absolute atomic E-state index is 0.108. The molecule has 11 heteroatoms. The number of carbonyl (C=O) groups excluding carboxylic acids is 2. The Balaban J connectivity index is 1.53. The van der Waals surface area contributed by atoms with Crippen LogP contribution in [0.3, 0.4) is 0 Å². The zero-order chi connectivity index (χ0) is 22.0. The number of aliphatic hydroxyl groups is 1. The monoisotopic (exact) mass is 445 g/mol. The molecule has 0 radical (unpaired) electrons. The van der Waals surface area contributed by atoms with Gasteiger partial charge in [0.25, 0.3) is 0 Å². The molecule has 31 heavy (non-hydrogen) atoms. The Hall–Kier alpha value is -3.18. The molecule has 10 nitrogen and oxygen atoms in total. The van der Waals surface area contributed by atoms with Crippen LogP contribution >= 0.6 is 11.3 Å². The number of fused-ring (bicyclic) bond motifs is 2. The standard InChI is InChI=1S/C20H19N3O7S/c1-8-14(12-5-22-7-21-4-13(22)31-12)17(23-16(8)15(9(2)24)18(23)25)19(26)28-6-11-10(3)29-20(27)30-11/h4-5,7-9,15-16,24H,6H2,1-3H3/t8-,9+,15+,16+/m0/s1. The highest BCUT2D eigenvalue weighted by Gasteiger charge is 2.60. The molecule has 1 N–H and O–H groups in total. The van der Waals surface area contributed by atoms with Gasteiger partial charge in [0.2, 0.25) is 5.91 Å². The molecule has 3 aromatic heterocycles. The van der Waals surface area contributed by atoms with E-state index in [1.54, 1.807) is 19.4 Å². The van der Waals surface area contributed by atoms with E-state index in [2.05, 4.69) is 4.98 Å². The van der Waals surface area contributed by atoms with Crippen LogP contribution in [0.2, 0.25) is 0 Å². The van der Waals surface area contributed by atoms with Gasteiger partial charge in [0.15, 0.2) is 18.1 Å². The maximum atomic E-state index is 13.1. The third-order valence-corrected chi connectivity index (χ3v) is 6.97. The SMILES string of the molecule is Cc1oc(=O)oc1COC(=O)C1=C(c2cn3cncc3s2)[C@H](C)[C@@H]2[C@@H]([C@@H](C)O)C(=O)N12. The van der Waals surface area contributed by atoms with Gasteiger partial charge < -0.3 is 23.6 Å². The Bertz CT molecular complexity index is 1260. The molecule has 0 spiro atoms. The van der Waals surface area contributed by atoms with Gasteiger partial charge in [-0.25, -0.2) is 14.6 Å². The van der Waals surface area contributed by atoms with E-state index in [1.807, 2.05) is 17.5 Å². The third kappa shape index (κ3) is 2.87. The summed E-state index contributed by atoms with van der Waals surface area (Å²) in [4.78, 5) is 44.4. The Labute approximate surface area is 179 Å². The maximum absolute atomic E-state index is 13.1. The van der Waals surface area contributed by atoms with E-state index < -0.39 is 23.8 Å². The molecule has 5 rings (SSSR count). The van der Waals surface area contributed by atoms with Gasteiger partial charge in [0.05, 0.1) is 35.5 Å². The number of amides is 1. The number of esters is 1. The second-order valence-corrected chi connectivity index (χ2v) is 8.82. The number of thiazole rings is 1. The summed E-state index contributed by atoms with van der Waals surface area (Å²) >= 11 is 1.45. The summed E-state index contributed by atoms with van der Waals surface area (Å²) in [6.07, 6.45) is 4.41. The summed E-state index contributed by atoms with van der Waals surface area (Å²) in [7, 11) is 0. The van der Waals surface area contributed by atoms with Crippen molar-refractivity contribution in [3.63, 3.8) is 0 Å². The first-order chi connectivity index (χ1) is 14.8. The van der Waals surface area contributed by atoms with E-state index in [4.69, 9.17) is 13.6 Å². The molecule has 0 saturated carbocycles. The lowest BCUT2D eigenvalue weighted by atomic mass is 9.77. The zero-order valence-electron chi connectivity index (χ0n) is 16.9. The fourth-order valence-corrected chi connectivity index (χ4v) is 5.55. The van der Waals surface area contributed by atoms with Gasteiger partial charge in [-0.05, 0) is 13.8 Å². The largest absolute Gasteiger partial charge is 0.519 e. The van der Waals surface area contributed by atoms with E-state index >= 15 is 0 Å². The van der Waals surface area contributed by atoms with E-state index in [0.29, 0.717) is 5.57 Å². The molecular weight excluding hydrogens is 426 g/mol. The van der Waals surface area contributed by atoms with Crippen molar-refractivity contribution in [2.24, 2.45) is 11.8 Å². The van der Waals surface area contributed by atoms with Gasteiger partial charge in [-0.1, -0.05) is 6.92 Å². The smallest absolute Gasteiger partial charge is 0.453 e. The van der Waals surface area contributed by atoms with E-state index in [1.165, 1.54) is 23.2 Å². The fraction of sp³-hybridized carbons (Fsp3) is 0.400. The lowest BCUT2D eigenvalue weighted by Gasteiger charge is -2.46. The summed E-state index contributed by atoms with van der Waals surface area (Å²) in [5, 5.41) is 10.1. The van der Waals surface area contributed by atoms with Crippen molar-refractivity contribution >= 4 is 33.6 Å². The Morgan fingerprint density at radius 3 is 2.81 bits per heavy atom. The summed E-state index contributed by atoms with van der Waals surface area (Å²) < 4.78 is 16.9. The number of aliphatic hydroxyl groups excluding tert-OH is 1. The number of hydrogen-bond acceptors (Lipinski definition) is 9. The van der Waals surface area contributed by atoms with Crippen molar-refractivity contribution in [1.29, 1.82) is 0 Å². The average Bonchev–Trinajstić information content (AvgIpc) is 3.41. The quantitative estimate of drug-likeness (QED) is 0.463. The van der Waals surface area contributed by atoms with Crippen LogP contribution < -0.4 is 5.82 Å². The number of aromatic nitrogens is 2. The van der Waals surface area contributed by atoms with Crippen LogP contribution in [0.25, 0.3) is 10.4 Å². The Kier molecular flexibility index (Phi) is 4.41. The third-order valence-electron chi connectivity index (χ3n) is 5.90. The van der Waals surface area contributed by atoms with Crippen molar-refractivity contribution in [3.8, 4) is 0 Å². The highest BCUT2D eigenvalue weighted by Crippen LogP contribution is 2.51. The first-order valence-electron chi connectivity index (χ1n) is 9.71. The van der Waals surface area contributed by atoms with Crippen LogP contribution in [-0.2, 0) is 20.9 Å². The van der Waals surface area contributed by atoms with E-state index in [9.17, 15) is 19.5 Å². The molecule has 2 aliphatic heterocycles. The van der Waals surface area contributed by atoms with E-state index in [-0.39, 0.29) is 41.7 Å². The predicted octanol–water partition coefficient (Wildman–Crippen LogP) is 1.56. The lowest BCUT2D eigenvalue weighted by molar-refractivity contribution is -0.164. The van der Waals surface area contributed by atoms with Gasteiger partial charge in [-0.15, -0.1) is 11.3 Å². The molecule has 0 unspecified atom stereocenters. The molecule has 1 saturated heterocycles. The van der Waals surface area contributed by atoms with Gasteiger partial charge in [-0.2, -0.15) is 0 Å². The number of imidazole rings is 1. The second kappa shape index (κ2) is 6.92. The normalized spacial score (nSPS) is 23.9. The highest BCUT2D eigenvalue weighted by atomic mass is 32.1. The molecule has 3 aromatic rings. The number of nitrogens with zero attached hydrogens (tertiary/aromatic N) is 3. The van der Waals surface area contributed by atoms with E-state index in [0.717, 1.165) is 9.71 Å². The fourth-order valence-electron chi connectivity index (χ4n) is 4.45. The molecule has 1 fully saturated rings. The van der Waals surface area contributed by atoms with Crippen molar-refractivity contribution in [2.45, 2.75) is 39.5 Å². The average molecular weight is 445 g/mol. The number of rotatable bonds is 5. The number of ether oxygens (including phenoxy) is 1. The minimum atomic E-state index is -0.876. The van der Waals surface area contributed by atoms with Gasteiger partial charge in [-0.3, -0.25) is 9.20 Å². The number of aryl methyl sites for hydroxylation is 1. The molecule has 2 aliphatic rings. The van der Waals surface area contributed by atoms with Crippen LogP contribution in [-0.4, -0.2) is 43.4 Å². The van der Waals surface area contributed by atoms with Crippen LogP contribution in [0.4, 0.5) is 0 Å². The molecule has 162 valence electrons. The molecule has 0 bridgehead atoms. The van der Waals surface area contributed by atoms with Crippen LogP contribution in [0.15, 0.2) is 38.0 Å². The number of carbonyl (C=O) groups is 2. The van der Waals surface area contributed by atoms with Crippen molar-refractivity contribution < 1.29 is 28.3 Å². The van der Waals surface area contributed by atoms with Crippen molar-refractivity contribution in [2.75, 3.05) is 0 Å². The summed E-state index contributed by atoms with van der Waals surface area (Å²) in [5.74, 6) is -2.34. The summed E-state index contributed by atoms with van der Waals surface area (Å²) in [6.45, 7) is 4.74. The predicted molar refractivity (Wildman–Crippen MR) is 107 cm³/mol. The van der Waals surface area contributed by atoms with Gasteiger partial charge in [0, 0.05) is 17.7 Å². The Morgan fingerprint density at radius 1 is 1.39 bits per heavy atom. The lowest BCUT2D eigenvalue weighted by Crippen LogP contribution is -2.63. The van der Waals surface area contributed by atoms with Crippen molar-refractivity contribution in [3.05, 3.63) is 51.4 Å². The molecule has 0 aliphatic carbocycles. The second-order valence-electron chi connectivity index (χ2n) is 7.76. The summed E-state index contributed by atoms with van der Waals surface area (Å²) in [6, 6.07) is -0.335. The van der Waals surface area contributed by atoms with Crippen molar-refractivity contribution in [1.82, 2.24) is 14.3 Å². The first-order valence-corrected chi connectivity index (χ1v) is 10.5. The Morgan fingerprint density at radius 2 is 2.16 bits per heavy atom. The first kappa shape index (κ1) is 19.8. The van der Waals surface area contributed by atoms with Crippen LogP contribution in [0.5, 0.6) is 0 Å². The van der Waals surface area contributed by atoms with Crippen LogP contribution in [0.1, 0.15) is 30.2 Å². The highest BCUT2D eigenvalue weighted by molar-refractivity contribution is 7.18. The maximum Gasteiger partial charge on any atom is 0.519 e. The molecule has 5 heterocycles. The topological polar surface area (TPSA) is 127 Å². The number of β-lactam (4-membered cyclic amide) rings is 1. The summed E-state index contributed by atoms with van der Waals surface area (Å²) in [5.41, 5.74) is 0.839. The van der Waals surface area contributed by atoms with Crippen LogP contribution in [0, 0.1) is 18.8 Å².